The van der Waals surface area contributed by atoms with Gasteiger partial charge in [-0.25, -0.2) is 0 Å². The van der Waals surface area contributed by atoms with Crippen molar-refractivity contribution in [2.24, 2.45) is 0 Å². The van der Waals surface area contributed by atoms with Crippen molar-refractivity contribution in [3.05, 3.63) is 70.8 Å². The Balaban J connectivity index is 0.00000176. The van der Waals surface area contributed by atoms with E-state index in [2.05, 4.69) is 0 Å². The summed E-state index contributed by atoms with van der Waals surface area (Å²) in [5.41, 5.74) is -6.98. The van der Waals surface area contributed by atoms with Crippen LogP contribution in [-0.4, -0.2) is 17.3 Å². The molecule has 2 aromatic rings. The van der Waals surface area contributed by atoms with E-state index >= 15 is 0 Å². The molecule has 0 aromatic heterocycles. The highest BCUT2D eigenvalue weighted by Gasteiger charge is 2.45. The molecule has 0 atom stereocenters. The van der Waals surface area contributed by atoms with Gasteiger partial charge >= 0.3 is 12.4 Å². The van der Waals surface area contributed by atoms with Crippen molar-refractivity contribution >= 4 is 0 Å². The monoisotopic (exact) mass is 391 g/mol. The maximum Gasteiger partial charge on any atom is 0.416 e. The molecule has 0 aliphatic rings. The lowest BCUT2D eigenvalue weighted by molar-refractivity contribution is -0.142. The van der Waals surface area contributed by atoms with Crippen molar-refractivity contribution in [3.8, 4) is 6.07 Å². The van der Waals surface area contributed by atoms with Gasteiger partial charge in [0, 0.05) is 18.2 Å². The van der Waals surface area contributed by atoms with E-state index in [1.165, 1.54) is 6.07 Å². The van der Waals surface area contributed by atoms with E-state index in [1.54, 1.807) is 0 Å². The number of rotatable bonds is 3. The van der Waals surface area contributed by atoms with Crippen molar-refractivity contribution in [1.29, 1.82) is 5.26 Å². The molecule has 0 saturated carbocycles. The van der Waals surface area contributed by atoms with E-state index in [1.807, 2.05) is 0 Å². The average molecular weight is 391 g/mol. The van der Waals surface area contributed by atoms with Crippen molar-refractivity contribution in [3.63, 3.8) is 0 Å². The van der Waals surface area contributed by atoms with E-state index < -0.39 is 46.6 Å². The molecule has 2 N–H and O–H groups in total. The summed E-state index contributed by atoms with van der Waals surface area (Å²) in [6.07, 6.45) is -10.8. The van der Waals surface area contributed by atoms with Gasteiger partial charge in [0.2, 0.25) is 0 Å². The van der Waals surface area contributed by atoms with Gasteiger partial charge in [0.1, 0.15) is 5.60 Å². The molecule has 9 heteroatoms. The minimum Gasteiger partial charge on any atom is -0.400 e. The first-order valence-electron chi connectivity index (χ1n) is 7.39. The molecule has 27 heavy (non-hydrogen) atoms. The smallest absolute Gasteiger partial charge is 0.400 e. The number of alkyl halides is 6. The quantitative estimate of drug-likeness (QED) is 0.759. The topological polar surface area (TPSA) is 64.2 Å². The summed E-state index contributed by atoms with van der Waals surface area (Å²) >= 11 is 0. The Morgan fingerprint density at radius 1 is 0.741 bits per heavy atom. The highest BCUT2D eigenvalue weighted by molar-refractivity contribution is 5.47. The fourth-order valence-electron chi connectivity index (χ4n) is 2.63. The van der Waals surface area contributed by atoms with Crippen LogP contribution in [-0.2, 0) is 18.0 Å². The third-order valence-electron chi connectivity index (χ3n) is 3.69. The van der Waals surface area contributed by atoms with Gasteiger partial charge in [0.05, 0.1) is 23.6 Å². The molecular weight excluding hydrogens is 376 g/mol. The lowest BCUT2D eigenvalue weighted by Crippen LogP contribution is -2.32. The summed E-state index contributed by atoms with van der Waals surface area (Å²) in [7, 11) is 1.00. The number of hydrogen-bond donors (Lipinski definition) is 2. The normalized spacial score (nSPS) is 12.0. The molecule has 0 aliphatic carbocycles. The number of aliphatic hydroxyl groups is 2. The van der Waals surface area contributed by atoms with Crippen molar-refractivity contribution in [1.82, 2.24) is 0 Å². The van der Waals surface area contributed by atoms with Crippen LogP contribution in [0.1, 0.15) is 28.7 Å². The van der Waals surface area contributed by atoms with E-state index in [0.29, 0.717) is 12.1 Å². The predicted octanol–water partition coefficient (Wildman–Crippen LogP) is 4.48. The summed E-state index contributed by atoms with van der Waals surface area (Å²) in [4.78, 5) is 0. The van der Waals surface area contributed by atoms with Crippen LogP contribution in [0.3, 0.4) is 0 Å². The lowest BCUT2D eigenvalue weighted by Gasteiger charge is -2.31. The summed E-state index contributed by atoms with van der Waals surface area (Å²) in [6.45, 7) is 0. The zero-order chi connectivity index (χ0) is 20.9. The van der Waals surface area contributed by atoms with Gasteiger partial charge in [-0.3, -0.25) is 0 Å². The van der Waals surface area contributed by atoms with Gasteiger partial charge in [-0.15, -0.1) is 0 Å². The second kappa shape index (κ2) is 8.41. The third kappa shape index (κ3) is 4.78. The Morgan fingerprint density at radius 2 is 1.04 bits per heavy atom. The predicted molar refractivity (Wildman–Crippen MR) is 84.3 cm³/mol. The Morgan fingerprint density at radius 3 is 1.30 bits per heavy atom. The molecule has 0 aliphatic heterocycles. The average Bonchev–Trinajstić information content (AvgIpc) is 2.62. The molecule has 0 amide bonds. The second-order valence-corrected chi connectivity index (χ2v) is 5.28. The number of benzene rings is 2. The van der Waals surface area contributed by atoms with Crippen molar-refractivity contribution in [2.45, 2.75) is 24.4 Å². The highest BCUT2D eigenvalue weighted by atomic mass is 19.4. The van der Waals surface area contributed by atoms with E-state index in [-0.39, 0.29) is 0 Å². The van der Waals surface area contributed by atoms with E-state index in [4.69, 9.17) is 10.4 Å². The van der Waals surface area contributed by atoms with Crippen LogP contribution in [0.2, 0.25) is 0 Å². The molecule has 0 bridgehead atoms. The van der Waals surface area contributed by atoms with Crippen molar-refractivity contribution < 1.29 is 36.6 Å². The number of aliphatic hydroxyl groups excluding tert-OH is 1. The fourth-order valence-corrected chi connectivity index (χ4v) is 2.63. The fraction of sp³-hybridized carbons (Fsp3) is 0.278. The minimum atomic E-state index is -4.91. The molecule has 0 radical (unpaired) electrons. The summed E-state index contributed by atoms with van der Waals surface area (Å²) in [6, 6.07) is 8.92. The number of halogens is 6. The Bertz CT molecular complexity index is 751. The third-order valence-corrected chi connectivity index (χ3v) is 3.69. The van der Waals surface area contributed by atoms with Crippen LogP contribution >= 0.6 is 0 Å². The first kappa shape index (κ1) is 22.5. The van der Waals surface area contributed by atoms with Gasteiger partial charge in [-0.2, -0.15) is 31.6 Å². The molecule has 0 heterocycles. The Hall–Kier alpha value is -2.57. The first-order chi connectivity index (χ1) is 12.5. The number of nitriles is 1. The van der Waals surface area contributed by atoms with Gasteiger partial charge < -0.3 is 10.2 Å². The zero-order valence-corrected chi connectivity index (χ0v) is 13.9. The van der Waals surface area contributed by atoms with Gasteiger partial charge in [0.15, 0.2) is 0 Å². The van der Waals surface area contributed by atoms with Gasteiger partial charge in [0.25, 0.3) is 0 Å². The van der Waals surface area contributed by atoms with Gasteiger partial charge in [-0.1, -0.05) is 36.4 Å². The van der Waals surface area contributed by atoms with Crippen LogP contribution in [0.4, 0.5) is 26.3 Å². The molecule has 3 nitrogen and oxygen atoms in total. The summed E-state index contributed by atoms with van der Waals surface area (Å²) < 4.78 is 79.5. The minimum absolute atomic E-state index is 0.647. The second-order valence-electron chi connectivity index (χ2n) is 5.28. The molecule has 0 fully saturated rings. The molecule has 146 valence electrons. The molecular formula is C18H15F6NO2. The van der Waals surface area contributed by atoms with Crippen LogP contribution in [0.25, 0.3) is 0 Å². The van der Waals surface area contributed by atoms with E-state index in [9.17, 15) is 31.4 Å². The summed E-state index contributed by atoms with van der Waals surface area (Å²) in [5, 5.41) is 26.8. The maximum absolute atomic E-state index is 13.3. The Kier molecular flexibility index (Phi) is 7.00. The first-order valence-corrected chi connectivity index (χ1v) is 7.39. The van der Waals surface area contributed by atoms with Crippen LogP contribution in [0.15, 0.2) is 48.5 Å². The molecule has 0 spiro atoms. The standard InChI is InChI=1S/C17H11F6NO.CH4O/c18-16(19,20)13-7-3-1-5-11(13)15(25,9-10-24)12-6-2-4-8-14(12)17(21,22)23;1-2/h1-8,25H,9H2;2H,1H3. The van der Waals surface area contributed by atoms with E-state index in [0.717, 1.165) is 43.5 Å². The van der Waals surface area contributed by atoms with Gasteiger partial charge in [-0.05, 0) is 12.1 Å². The molecule has 2 aromatic carbocycles. The molecule has 2 rings (SSSR count). The maximum atomic E-state index is 13.3. The largest absolute Gasteiger partial charge is 0.416 e. The van der Waals surface area contributed by atoms with Crippen LogP contribution in [0.5, 0.6) is 0 Å². The molecule has 0 saturated heterocycles. The highest BCUT2D eigenvalue weighted by Crippen LogP contribution is 2.45. The zero-order valence-electron chi connectivity index (χ0n) is 13.9. The summed E-state index contributed by atoms with van der Waals surface area (Å²) in [5.74, 6) is 0. The Labute approximate surface area is 151 Å². The lowest BCUT2D eigenvalue weighted by atomic mass is 9.79. The SMILES string of the molecule is CO.N#CCC(O)(c1ccccc1C(F)(F)F)c1ccccc1C(F)(F)F. The van der Waals surface area contributed by atoms with Crippen LogP contribution < -0.4 is 0 Å². The molecule has 0 unspecified atom stereocenters. The number of hydrogen-bond acceptors (Lipinski definition) is 3. The number of nitrogens with zero attached hydrogens (tertiary/aromatic N) is 1. The van der Waals surface area contributed by atoms with Crippen LogP contribution in [0, 0.1) is 11.3 Å². The van der Waals surface area contributed by atoms with Crippen molar-refractivity contribution in [2.75, 3.05) is 7.11 Å².